The highest BCUT2D eigenvalue weighted by Crippen LogP contribution is 2.44. The van der Waals surface area contributed by atoms with E-state index in [1.54, 1.807) is 50.0 Å². The van der Waals surface area contributed by atoms with Crippen LogP contribution in [0, 0.1) is 6.92 Å². The molecule has 10 heteroatoms. The summed E-state index contributed by atoms with van der Waals surface area (Å²) < 4.78 is 23.1. The van der Waals surface area contributed by atoms with Gasteiger partial charge in [-0.25, -0.2) is 4.79 Å². The summed E-state index contributed by atoms with van der Waals surface area (Å²) in [5.74, 6) is -0.379. The number of aromatic nitrogens is 1. The number of fused-ring (bicyclic) bond motifs is 1. The van der Waals surface area contributed by atoms with E-state index < -0.39 is 11.9 Å². The summed E-state index contributed by atoms with van der Waals surface area (Å²) in [5, 5.41) is 0.476. The van der Waals surface area contributed by atoms with Crippen molar-refractivity contribution in [3.63, 3.8) is 0 Å². The summed E-state index contributed by atoms with van der Waals surface area (Å²) in [5.41, 5.74) is 8.07. The Hall–Kier alpha value is -3.62. The van der Waals surface area contributed by atoms with Crippen LogP contribution in [0.3, 0.4) is 0 Å². The lowest BCUT2D eigenvalue weighted by Gasteiger charge is -2.29. The minimum Gasteiger partial charge on any atom is -0.493 e. The second-order valence-electron chi connectivity index (χ2n) is 8.41. The zero-order valence-electron chi connectivity index (χ0n) is 20.8. The van der Waals surface area contributed by atoms with E-state index in [0.717, 1.165) is 5.56 Å². The fourth-order valence-electron chi connectivity index (χ4n) is 4.50. The van der Waals surface area contributed by atoms with Gasteiger partial charge in [0.15, 0.2) is 11.5 Å². The summed E-state index contributed by atoms with van der Waals surface area (Å²) in [7, 11) is 4.37. The first-order valence-electron chi connectivity index (χ1n) is 11.4. The van der Waals surface area contributed by atoms with Gasteiger partial charge in [-0.1, -0.05) is 41.4 Å². The highest BCUT2D eigenvalue weighted by Gasteiger charge is 2.39. The van der Waals surface area contributed by atoms with Gasteiger partial charge >= 0.3 is 5.97 Å². The third-order valence-electron chi connectivity index (χ3n) is 6.34. The van der Waals surface area contributed by atoms with Gasteiger partial charge in [-0.15, -0.1) is 0 Å². The minimum absolute atomic E-state index is 0.0217. The molecule has 1 aromatic heterocycles. The molecular formula is C27H26Cl2N2O6. The number of ether oxygens (including phenoxy) is 4. The van der Waals surface area contributed by atoms with Gasteiger partial charge in [-0.05, 0) is 42.7 Å². The van der Waals surface area contributed by atoms with E-state index in [-0.39, 0.29) is 38.4 Å². The van der Waals surface area contributed by atoms with Gasteiger partial charge in [0.2, 0.25) is 5.88 Å². The molecule has 2 aromatic carbocycles. The monoisotopic (exact) mass is 544 g/mol. The molecule has 0 amide bonds. The van der Waals surface area contributed by atoms with Crippen LogP contribution in [0.1, 0.15) is 28.3 Å². The van der Waals surface area contributed by atoms with Crippen LogP contribution in [0.15, 0.2) is 58.7 Å². The van der Waals surface area contributed by atoms with Crippen molar-refractivity contribution in [2.45, 2.75) is 25.8 Å². The fraction of sp³-hybridized carbons (Fsp3) is 0.259. The Morgan fingerprint density at radius 1 is 1.08 bits per heavy atom. The van der Waals surface area contributed by atoms with E-state index in [2.05, 4.69) is 0 Å². The van der Waals surface area contributed by atoms with E-state index in [1.165, 1.54) is 7.11 Å². The van der Waals surface area contributed by atoms with Gasteiger partial charge in [0, 0.05) is 18.3 Å². The molecule has 0 aliphatic carbocycles. The number of benzene rings is 2. The number of rotatable bonds is 7. The molecule has 2 N–H and O–H groups in total. The first-order chi connectivity index (χ1) is 17.7. The summed E-state index contributed by atoms with van der Waals surface area (Å²) in [4.78, 5) is 26.8. The summed E-state index contributed by atoms with van der Waals surface area (Å²) in [6.45, 7) is 2.16. The van der Waals surface area contributed by atoms with Crippen LogP contribution < -0.4 is 25.5 Å². The molecule has 3 aromatic rings. The molecule has 194 valence electrons. The van der Waals surface area contributed by atoms with E-state index >= 15 is 0 Å². The molecule has 0 saturated carbocycles. The lowest BCUT2D eigenvalue weighted by Crippen LogP contribution is -2.35. The second-order valence-corrected chi connectivity index (χ2v) is 9.19. The molecule has 0 saturated heterocycles. The molecule has 37 heavy (non-hydrogen) atoms. The topological polar surface area (TPSA) is 102 Å². The standard InChI is InChI=1S/C27H26Cl2N2O6/c1-14-12-20-22(26(32)31(14)11-10-15-8-9-18(34-2)19(13-15)35-3)21(16-6-5-7-17(28)24(16)29)23(25(30)37-20)27(33)36-4/h5-9,12-13,21H,10-11,30H2,1-4H3/t21-/m0/s1. The number of aryl methyl sites for hydroxylation is 2. The lowest BCUT2D eigenvalue weighted by atomic mass is 9.83. The van der Waals surface area contributed by atoms with Crippen molar-refractivity contribution in [2.24, 2.45) is 5.73 Å². The van der Waals surface area contributed by atoms with Crippen molar-refractivity contribution in [2.75, 3.05) is 21.3 Å². The maximum Gasteiger partial charge on any atom is 0.340 e. The largest absolute Gasteiger partial charge is 0.493 e. The number of carbonyl (C=O) groups is 1. The Bertz CT molecular complexity index is 1460. The fourth-order valence-corrected chi connectivity index (χ4v) is 4.92. The molecule has 0 bridgehead atoms. The normalized spacial score (nSPS) is 14.6. The van der Waals surface area contributed by atoms with Crippen LogP contribution in [-0.4, -0.2) is 31.9 Å². The van der Waals surface area contributed by atoms with Gasteiger partial charge in [0.1, 0.15) is 11.3 Å². The maximum atomic E-state index is 14.0. The van der Waals surface area contributed by atoms with Crippen LogP contribution in [0.5, 0.6) is 17.2 Å². The molecule has 1 atom stereocenters. The minimum atomic E-state index is -0.942. The average Bonchev–Trinajstić information content (AvgIpc) is 2.88. The number of methoxy groups -OCH3 is 3. The van der Waals surface area contributed by atoms with E-state index in [4.69, 9.17) is 47.9 Å². The molecule has 1 aliphatic rings. The maximum absolute atomic E-state index is 14.0. The first-order valence-corrected chi connectivity index (χ1v) is 12.1. The van der Waals surface area contributed by atoms with Gasteiger partial charge in [-0.3, -0.25) is 4.79 Å². The molecular weight excluding hydrogens is 519 g/mol. The molecule has 4 rings (SSSR count). The van der Waals surface area contributed by atoms with E-state index in [0.29, 0.717) is 35.7 Å². The Morgan fingerprint density at radius 2 is 1.81 bits per heavy atom. The van der Waals surface area contributed by atoms with Crippen LogP contribution >= 0.6 is 23.2 Å². The number of esters is 1. The summed E-state index contributed by atoms with van der Waals surface area (Å²) in [6.07, 6.45) is 0.533. The zero-order valence-corrected chi connectivity index (χ0v) is 22.3. The average molecular weight is 545 g/mol. The smallest absolute Gasteiger partial charge is 0.340 e. The quantitative estimate of drug-likeness (QED) is 0.434. The molecule has 8 nitrogen and oxygen atoms in total. The number of halogens is 2. The lowest BCUT2D eigenvalue weighted by molar-refractivity contribution is -0.136. The number of nitrogens with zero attached hydrogens (tertiary/aromatic N) is 1. The highest BCUT2D eigenvalue weighted by atomic mass is 35.5. The first kappa shape index (κ1) is 26.4. The second kappa shape index (κ2) is 10.8. The predicted octanol–water partition coefficient (Wildman–Crippen LogP) is 4.59. The van der Waals surface area contributed by atoms with Crippen LogP contribution in [0.25, 0.3) is 0 Å². The molecule has 0 unspecified atom stereocenters. The molecule has 1 aliphatic heterocycles. The Balaban J connectivity index is 1.84. The van der Waals surface area contributed by atoms with Gasteiger partial charge in [0.05, 0.1) is 42.9 Å². The molecule has 0 radical (unpaired) electrons. The van der Waals surface area contributed by atoms with Crippen molar-refractivity contribution in [3.05, 3.63) is 96.7 Å². The van der Waals surface area contributed by atoms with Crippen LogP contribution in [0.4, 0.5) is 0 Å². The van der Waals surface area contributed by atoms with Gasteiger partial charge in [-0.2, -0.15) is 0 Å². The van der Waals surface area contributed by atoms with Crippen molar-refractivity contribution in [1.29, 1.82) is 0 Å². The summed E-state index contributed by atoms with van der Waals surface area (Å²) in [6, 6.07) is 12.3. The highest BCUT2D eigenvalue weighted by molar-refractivity contribution is 6.42. The van der Waals surface area contributed by atoms with Crippen molar-refractivity contribution in [1.82, 2.24) is 4.57 Å². The van der Waals surface area contributed by atoms with Crippen LogP contribution in [0.2, 0.25) is 10.0 Å². The number of carbonyl (C=O) groups excluding carboxylic acids is 1. The number of pyridine rings is 1. The molecule has 0 fully saturated rings. The van der Waals surface area contributed by atoms with Gasteiger partial charge in [0.25, 0.3) is 5.56 Å². The van der Waals surface area contributed by atoms with Gasteiger partial charge < -0.3 is 29.2 Å². The Kier molecular flexibility index (Phi) is 7.71. The van der Waals surface area contributed by atoms with Crippen molar-refractivity contribution < 1.29 is 23.7 Å². The summed E-state index contributed by atoms with van der Waals surface area (Å²) >= 11 is 12.8. The van der Waals surface area contributed by atoms with Crippen molar-refractivity contribution in [3.8, 4) is 17.2 Å². The van der Waals surface area contributed by atoms with Crippen LogP contribution in [-0.2, 0) is 22.5 Å². The third kappa shape index (κ3) is 4.86. The zero-order chi connectivity index (χ0) is 26.9. The number of hydrogen-bond donors (Lipinski definition) is 1. The SMILES string of the molecule is COC(=O)C1=C(N)Oc2cc(C)n(CCc3ccc(OC)c(OC)c3)c(=O)c2[C@@H]1c1cccc(Cl)c1Cl. The Labute approximate surface area is 224 Å². The molecule has 2 heterocycles. The number of hydrogen-bond acceptors (Lipinski definition) is 7. The Morgan fingerprint density at radius 3 is 2.49 bits per heavy atom. The predicted molar refractivity (Wildman–Crippen MR) is 141 cm³/mol. The number of nitrogens with two attached hydrogens (primary N) is 1. The molecule has 0 spiro atoms. The van der Waals surface area contributed by atoms with E-state index in [1.807, 2.05) is 18.2 Å². The van der Waals surface area contributed by atoms with Crippen molar-refractivity contribution >= 4 is 29.2 Å². The third-order valence-corrected chi connectivity index (χ3v) is 7.17. The van der Waals surface area contributed by atoms with E-state index in [9.17, 15) is 9.59 Å².